The van der Waals surface area contributed by atoms with Crippen LogP contribution in [0.4, 0.5) is 0 Å². The molecule has 2 nitrogen and oxygen atoms in total. The molecule has 0 aromatic heterocycles. The Kier molecular flexibility index (Phi) is 8.13. The van der Waals surface area contributed by atoms with Crippen molar-refractivity contribution in [1.29, 1.82) is 0 Å². The summed E-state index contributed by atoms with van der Waals surface area (Å²) in [5.41, 5.74) is 2.55. The van der Waals surface area contributed by atoms with Crippen LogP contribution in [0, 0.1) is 0 Å². The van der Waals surface area contributed by atoms with Gasteiger partial charge in [0, 0.05) is 6.04 Å². The first-order valence-electron chi connectivity index (χ1n) is 8.30. The highest BCUT2D eigenvalue weighted by atomic mass is 35.5. The first-order chi connectivity index (χ1) is 9.76. The minimum Gasteiger partial charge on any atom is -0.508 e. The van der Waals surface area contributed by atoms with Gasteiger partial charge >= 0.3 is 0 Å². The summed E-state index contributed by atoms with van der Waals surface area (Å²) >= 11 is 0. The highest BCUT2D eigenvalue weighted by Crippen LogP contribution is 2.30. The molecule has 1 aromatic rings. The maximum absolute atomic E-state index is 9.94. The molecule has 0 bridgehead atoms. The van der Waals surface area contributed by atoms with Gasteiger partial charge in [0.15, 0.2) is 0 Å². The molecule has 0 amide bonds. The number of hydrogen-bond donors (Lipinski definition) is 1. The van der Waals surface area contributed by atoms with Gasteiger partial charge in [-0.3, -0.25) is 0 Å². The molecule has 0 aliphatic heterocycles. The van der Waals surface area contributed by atoms with Crippen LogP contribution in [0.1, 0.15) is 57.1 Å². The molecule has 3 heteroatoms. The molecular weight excluding hydrogens is 282 g/mol. The van der Waals surface area contributed by atoms with Gasteiger partial charge in [0.2, 0.25) is 0 Å². The molecule has 0 saturated carbocycles. The number of nitrogens with zero attached hydrogens (tertiary/aromatic N) is 1. The van der Waals surface area contributed by atoms with Crippen molar-refractivity contribution in [2.45, 2.75) is 64.8 Å². The van der Waals surface area contributed by atoms with Gasteiger partial charge in [-0.25, -0.2) is 0 Å². The maximum Gasteiger partial charge on any atom is 0.119 e. The molecule has 1 aromatic carbocycles. The van der Waals surface area contributed by atoms with Crippen LogP contribution in [0.2, 0.25) is 0 Å². The van der Waals surface area contributed by atoms with Crippen LogP contribution in [0.25, 0.3) is 0 Å². The van der Waals surface area contributed by atoms with Gasteiger partial charge in [-0.15, -0.1) is 12.4 Å². The predicted octanol–water partition coefficient (Wildman–Crippen LogP) is 4.57. The number of phenols is 1. The van der Waals surface area contributed by atoms with E-state index in [0.717, 1.165) is 12.8 Å². The van der Waals surface area contributed by atoms with Crippen LogP contribution in [0.15, 0.2) is 18.2 Å². The summed E-state index contributed by atoms with van der Waals surface area (Å²) in [6.45, 7) is 6.99. The fourth-order valence-corrected chi connectivity index (χ4v) is 3.41. The molecule has 0 radical (unpaired) electrons. The van der Waals surface area contributed by atoms with Crippen LogP contribution in [0.5, 0.6) is 5.75 Å². The molecule has 0 spiro atoms. The van der Waals surface area contributed by atoms with E-state index in [0.29, 0.717) is 11.8 Å². The average molecular weight is 312 g/mol. The molecule has 1 unspecified atom stereocenters. The summed E-state index contributed by atoms with van der Waals surface area (Å²) in [6, 6.07) is 6.67. The number of rotatable bonds is 7. The smallest absolute Gasteiger partial charge is 0.119 e. The summed E-state index contributed by atoms with van der Waals surface area (Å²) in [5, 5.41) is 9.94. The fourth-order valence-electron chi connectivity index (χ4n) is 3.41. The second kappa shape index (κ2) is 9.32. The monoisotopic (exact) mass is 311 g/mol. The van der Waals surface area contributed by atoms with E-state index < -0.39 is 0 Å². The van der Waals surface area contributed by atoms with Gasteiger partial charge in [0.1, 0.15) is 5.75 Å². The Morgan fingerprint density at radius 2 is 1.95 bits per heavy atom. The minimum atomic E-state index is 0. The lowest BCUT2D eigenvalue weighted by Crippen LogP contribution is -2.40. The van der Waals surface area contributed by atoms with Crippen molar-refractivity contribution in [3.63, 3.8) is 0 Å². The van der Waals surface area contributed by atoms with Crippen molar-refractivity contribution in [3.05, 3.63) is 29.3 Å². The molecule has 1 aliphatic carbocycles. The number of fused-ring (bicyclic) bond motifs is 1. The predicted molar refractivity (Wildman–Crippen MR) is 92.6 cm³/mol. The molecule has 0 heterocycles. The standard InChI is InChI=1S/C18H29NO.ClH/c1-3-5-6-13-19(12-4-2)16-10-11-17-15(14-16)8-7-9-18(17)20;/h7-9,16,20H,3-6,10-14H2,1-2H3;1H. The highest BCUT2D eigenvalue weighted by molar-refractivity contribution is 5.85. The third-order valence-electron chi connectivity index (χ3n) is 4.51. The zero-order valence-electron chi connectivity index (χ0n) is 13.5. The molecular formula is C18H30ClNO. The van der Waals surface area contributed by atoms with Crippen molar-refractivity contribution >= 4 is 12.4 Å². The van der Waals surface area contributed by atoms with E-state index in [1.54, 1.807) is 0 Å². The van der Waals surface area contributed by atoms with Crippen LogP contribution in [-0.2, 0) is 12.8 Å². The number of phenolic OH excluding ortho intramolecular Hbond substituents is 1. The van der Waals surface area contributed by atoms with Crippen LogP contribution < -0.4 is 0 Å². The van der Waals surface area contributed by atoms with Gasteiger partial charge in [-0.05, 0) is 62.4 Å². The Morgan fingerprint density at radius 1 is 1.14 bits per heavy atom. The molecule has 21 heavy (non-hydrogen) atoms. The topological polar surface area (TPSA) is 23.5 Å². The van der Waals surface area contributed by atoms with Gasteiger partial charge in [-0.2, -0.15) is 0 Å². The van der Waals surface area contributed by atoms with E-state index >= 15 is 0 Å². The van der Waals surface area contributed by atoms with Crippen molar-refractivity contribution in [1.82, 2.24) is 4.90 Å². The van der Waals surface area contributed by atoms with Gasteiger partial charge in [0.25, 0.3) is 0 Å². The van der Waals surface area contributed by atoms with Crippen molar-refractivity contribution < 1.29 is 5.11 Å². The summed E-state index contributed by atoms with van der Waals surface area (Å²) < 4.78 is 0. The number of aromatic hydroxyl groups is 1. The largest absolute Gasteiger partial charge is 0.508 e. The fraction of sp³-hybridized carbons (Fsp3) is 0.667. The molecule has 1 N–H and O–H groups in total. The van der Waals surface area contributed by atoms with E-state index in [2.05, 4.69) is 24.8 Å². The number of benzene rings is 1. The van der Waals surface area contributed by atoms with E-state index in [9.17, 15) is 5.11 Å². The molecule has 2 rings (SSSR count). The van der Waals surface area contributed by atoms with E-state index in [4.69, 9.17) is 0 Å². The lowest BCUT2D eigenvalue weighted by atomic mass is 9.86. The van der Waals surface area contributed by atoms with E-state index in [-0.39, 0.29) is 12.4 Å². The summed E-state index contributed by atoms with van der Waals surface area (Å²) in [6.07, 6.45) is 8.51. The van der Waals surface area contributed by atoms with Gasteiger partial charge < -0.3 is 10.0 Å². The Bertz CT molecular complexity index is 422. The number of hydrogen-bond acceptors (Lipinski definition) is 2. The van der Waals surface area contributed by atoms with Crippen molar-refractivity contribution in [3.8, 4) is 5.75 Å². The summed E-state index contributed by atoms with van der Waals surface area (Å²) in [4.78, 5) is 2.68. The Hall–Kier alpha value is -0.730. The van der Waals surface area contributed by atoms with E-state index in [1.807, 2.05) is 12.1 Å². The molecule has 0 saturated heterocycles. The number of unbranched alkanes of at least 4 members (excludes halogenated alkanes) is 2. The van der Waals surface area contributed by atoms with Gasteiger partial charge in [-0.1, -0.05) is 38.8 Å². The lowest BCUT2D eigenvalue weighted by Gasteiger charge is -2.35. The first kappa shape index (κ1) is 18.3. The van der Waals surface area contributed by atoms with Crippen molar-refractivity contribution in [2.75, 3.05) is 13.1 Å². The summed E-state index contributed by atoms with van der Waals surface area (Å²) in [5.74, 6) is 0.494. The van der Waals surface area contributed by atoms with Crippen LogP contribution in [0.3, 0.4) is 0 Å². The summed E-state index contributed by atoms with van der Waals surface area (Å²) in [7, 11) is 0. The normalized spacial score (nSPS) is 17.4. The first-order valence-corrected chi connectivity index (χ1v) is 8.30. The maximum atomic E-state index is 9.94. The SMILES string of the molecule is CCCCCN(CCC)C1CCc2c(O)cccc2C1.Cl. The van der Waals surface area contributed by atoms with Crippen molar-refractivity contribution in [2.24, 2.45) is 0 Å². The molecule has 120 valence electrons. The second-order valence-corrected chi connectivity index (χ2v) is 6.05. The zero-order valence-corrected chi connectivity index (χ0v) is 14.3. The second-order valence-electron chi connectivity index (χ2n) is 6.05. The highest BCUT2D eigenvalue weighted by Gasteiger charge is 2.24. The van der Waals surface area contributed by atoms with Crippen LogP contribution >= 0.6 is 12.4 Å². The zero-order chi connectivity index (χ0) is 14.4. The minimum absolute atomic E-state index is 0. The lowest BCUT2D eigenvalue weighted by molar-refractivity contribution is 0.176. The van der Waals surface area contributed by atoms with Crippen LogP contribution in [-0.4, -0.2) is 29.1 Å². The number of halogens is 1. The Labute approximate surface area is 136 Å². The molecule has 1 aliphatic rings. The molecule has 0 fully saturated rings. The Balaban J connectivity index is 0.00000220. The quantitative estimate of drug-likeness (QED) is 0.745. The van der Waals surface area contributed by atoms with E-state index in [1.165, 1.54) is 56.3 Å². The average Bonchev–Trinajstić information content (AvgIpc) is 2.46. The Morgan fingerprint density at radius 3 is 2.67 bits per heavy atom. The van der Waals surface area contributed by atoms with Gasteiger partial charge in [0.05, 0.1) is 0 Å². The third kappa shape index (κ3) is 4.89. The third-order valence-corrected chi connectivity index (χ3v) is 4.51. The molecule has 1 atom stereocenters.